The number of rotatable bonds is 2. The second kappa shape index (κ2) is 6.76. The van der Waals surface area contributed by atoms with Crippen LogP contribution in [0.25, 0.3) is 5.76 Å². The first kappa shape index (κ1) is 21.3. The van der Waals surface area contributed by atoms with Crippen LogP contribution in [-0.4, -0.2) is 51.2 Å². The van der Waals surface area contributed by atoms with Crippen LogP contribution in [0.3, 0.4) is 0 Å². The summed E-state index contributed by atoms with van der Waals surface area (Å²) in [5.41, 5.74) is 9.89. The lowest BCUT2D eigenvalue weighted by molar-refractivity contribution is -0.138. The Morgan fingerprint density at radius 1 is 1.16 bits per heavy atom. The van der Waals surface area contributed by atoms with Crippen molar-refractivity contribution in [1.82, 2.24) is 0 Å². The van der Waals surface area contributed by atoms with Crippen LogP contribution < -0.4 is 16.2 Å². The summed E-state index contributed by atoms with van der Waals surface area (Å²) in [5.74, 6) is -5.98. The molecule has 1 fully saturated rings. The lowest BCUT2D eigenvalue weighted by atomic mass is 9.54. The Hall–Kier alpha value is -2.98. The van der Waals surface area contributed by atoms with Crippen molar-refractivity contribution in [2.24, 2.45) is 28.7 Å². The van der Waals surface area contributed by atoms with Crippen molar-refractivity contribution in [3.63, 3.8) is 0 Å². The predicted molar refractivity (Wildman–Crippen MR) is 111 cm³/mol. The van der Waals surface area contributed by atoms with Crippen molar-refractivity contribution in [1.29, 1.82) is 0 Å². The molecular formula is C21H22N2O7S. The number of phenolic OH excluding ortho intramolecular Hbond substituents is 1. The molecule has 4 rings (SSSR count). The van der Waals surface area contributed by atoms with Gasteiger partial charge >= 0.3 is 0 Å². The van der Waals surface area contributed by atoms with E-state index < -0.39 is 63.1 Å². The zero-order chi connectivity index (χ0) is 23.0. The molecule has 31 heavy (non-hydrogen) atoms. The number of hydrogen-bond acceptors (Lipinski definition) is 9. The van der Waals surface area contributed by atoms with Crippen molar-refractivity contribution in [2.75, 3.05) is 7.11 Å². The molecule has 1 amide bonds. The normalized spacial score (nSPS) is 29.3. The number of benzene rings is 1. The number of aliphatic hydroxyl groups is 2. The number of Topliss-reactive ketones (excluding diaryl/α,β-unsaturated/α-hetero) is 2. The van der Waals surface area contributed by atoms with Gasteiger partial charge in [0.05, 0.1) is 35.1 Å². The van der Waals surface area contributed by atoms with Crippen LogP contribution in [0.1, 0.15) is 19.4 Å². The van der Waals surface area contributed by atoms with Crippen molar-refractivity contribution in [3.8, 4) is 11.5 Å². The van der Waals surface area contributed by atoms with Gasteiger partial charge in [-0.25, -0.2) is 0 Å². The Morgan fingerprint density at radius 3 is 2.39 bits per heavy atom. The van der Waals surface area contributed by atoms with Gasteiger partial charge in [-0.3, -0.25) is 14.4 Å². The summed E-state index contributed by atoms with van der Waals surface area (Å²) in [6, 6.07) is 1.70. The average molecular weight is 446 g/mol. The number of fused-ring (bicyclic) bond motifs is 3. The number of methoxy groups -OCH3 is 1. The molecule has 0 spiro atoms. The van der Waals surface area contributed by atoms with Gasteiger partial charge in [-0.05, 0) is 17.5 Å². The topological polar surface area (TPSA) is 173 Å². The summed E-state index contributed by atoms with van der Waals surface area (Å²) in [6.07, 6.45) is 0. The molecule has 10 heteroatoms. The summed E-state index contributed by atoms with van der Waals surface area (Å²) < 4.78 is 5.36. The number of ether oxygens (including phenoxy) is 1. The zero-order valence-electron chi connectivity index (χ0n) is 17.0. The molecule has 1 saturated carbocycles. The van der Waals surface area contributed by atoms with Gasteiger partial charge in [0, 0.05) is 11.2 Å². The first-order valence-corrected chi connectivity index (χ1v) is 10.4. The number of thioether (sulfide) groups is 1. The summed E-state index contributed by atoms with van der Waals surface area (Å²) in [5, 5.41) is 31.2. The maximum absolute atomic E-state index is 13.5. The highest BCUT2D eigenvalue weighted by Gasteiger charge is 2.62. The second-order valence-corrected chi connectivity index (χ2v) is 9.57. The van der Waals surface area contributed by atoms with Crippen LogP contribution in [0.4, 0.5) is 0 Å². The first-order chi connectivity index (χ1) is 14.4. The van der Waals surface area contributed by atoms with E-state index in [0.717, 1.165) is 0 Å². The SMILES string of the molecule is COc1ccc(O)c2c1SC1C(=C2O)C(=O)C2C(=O)C(C(N)=O)=C(O)[C@@H](N)C2C1(C)C. The van der Waals surface area contributed by atoms with E-state index in [9.17, 15) is 29.7 Å². The Labute approximate surface area is 181 Å². The van der Waals surface area contributed by atoms with E-state index >= 15 is 0 Å². The van der Waals surface area contributed by atoms with E-state index in [1.165, 1.54) is 24.9 Å². The van der Waals surface area contributed by atoms with Crippen LogP contribution in [0.2, 0.25) is 0 Å². The third-order valence-electron chi connectivity index (χ3n) is 6.49. The predicted octanol–water partition coefficient (Wildman–Crippen LogP) is 1.19. The third kappa shape index (κ3) is 2.64. The highest BCUT2D eigenvalue weighted by Crippen LogP contribution is 2.60. The number of carbonyl (C=O) groups excluding carboxylic acids is 3. The zero-order valence-corrected chi connectivity index (χ0v) is 17.8. The smallest absolute Gasteiger partial charge is 0.255 e. The molecule has 1 aromatic rings. The molecule has 164 valence electrons. The molecule has 3 unspecified atom stereocenters. The fourth-order valence-corrected chi connectivity index (χ4v) is 6.65. The van der Waals surface area contributed by atoms with Crippen LogP contribution in [0, 0.1) is 17.3 Å². The number of amides is 1. The molecular weight excluding hydrogens is 424 g/mol. The lowest BCUT2D eigenvalue weighted by Crippen LogP contribution is -2.62. The number of hydrogen-bond donors (Lipinski definition) is 5. The highest BCUT2D eigenvalue weighted by molar-refractivity contribution is 8.00. The third-order valence-corrected chi connectivity index (χ3v) is 8.21. The molecule has 0 aromatic heterocycles. The number of aliphatic hydroxyl groups excluding tert-OH is 2. The number of nitrogens with two attached hydrogens (primary N) is 2. The molecule has 9 nitrogen and oxygen atoms in total. The maximum atomic E-state index is 13.5. The van der Waals surface area contributed by atoms with Gasteiger partial charge in [0.2, 0.25) is 0 Å². The fourth-order valence-electron chi connectivity index (χ4n) is 5.02. The van der Waals surface area contributed by atoms with Crippen LogP contribution in [0.15, 0.2) is 33.9 Å². The van der Waals surface area contributed by atoms with Crippen molar-refractivity contribution in [3.05, 3.63) is 34.6 Å². The van der Waals surface area contributed by atoms with Crippen molar-refractivity contribution >= 4 is 35.0 Å². The van der Waals surface area contributed by atoms with Gasteiger partial charge in [-0.2, -0.15) is 0 Å². The van der Waals surface area contributed by atoms with Crippen LogP contribution in [-0.2, 0) is 14.4 Å². The number of aromatic hydroxyl groups is 1. The summed E-state index contributed by atoms with van der Waals surface area (Å²) in [4.78, 5) is 38.8. The fraction of sp³-hybridized carbons (Fsp3) is 0.381. The molecule has 1 heterocycles. The molecule has 2 aliphatic carbocycles. The number of carbonyl (C=O) groups is 3. The molecule has 3 aliphatic rings. The van der Waals surface area contributed by atoms with Crippen molar-refractivity contribution < 1.29 is 34.4 Å². The summed E-state index contributed by atoms with van der Waals surface area (Å²) >= 11 is 1.21. The Morgan fingerprint density at radius 2 is 1.81 bits per heavy atom. The quantitative estimate of drug-likeness (QED) is 0.330. The van der Waals surface area contributed by atoms with Gasteiger partial charge < -0.3 is 31.5 Å². The van der Waals surface area contributed by atoms with Gasteiger partial charge in [0.25, 0.3) is 5.91 Å². The van der Waals surface area contributed by atoms with E-state index in [1.54, 1.807) is 19.9 Å². The monoisotopic (exact) mass is 446 g/mol. The average Bonchev–Trinajstić information content (AvgIpc) is 2.68. The van der Waals surface area contributed by atoms with E-state index in [0.29, 0.717) is 10.6 Å². The molecule has 7 N–H and O–H groups in total. The number of ketones is 2. The first-order valence-electron chi connectivity index (χ1n) is 9.52. The van der Waals surface area contributed by atoms with Gasteiger partial charge in [-0.1, -0.05) is 13.8 Å². The minimum absolute atomic E-state index is 0.0410. The van der Waals surface area contributed by atoms with E-state index in [-0.39, 0.29) is 16.9 Å². The van der Waals surface area contributed by atoms with E-state index in [4.69, 9.17) is 16.2 Å². The van der Waals surface area contributed by atoms with Crippen molar-refractivity contribution in [2.45, 2.75) is 30.0 Å². The lowest BCUT2D eigenvalue weighted by Gasteiger charge is -2.53. The summed E-state index contributed by atoms with van der Waals surface area (Å²) in [6.45, 7) is 3.55. The second-order valence-electron chi connectivity index (χ2n) is 8.45. The molecule has 1 aliphatic heterocycles. The minimum atomic E-state index is -1.40. The Kier molecular flexibility index (Phi) is 4.64. The van der Waals surface area contributed by atoms with Gasteiger partial charge in [0.1, 0.15) is 28.6 Å². The number of phenols is 1. The largest absolute Gasteiger partial charge is 0.510 e. The highest BCUT2D eigenvalue weighted by atomic mass is 32.2. The standard InChI is InChI=1S/C21H22N2O7S/c1-21(2)12-9(16(27)11(20(23)29)17(28)13(12)22)15(26)10-14(25)8-6(24)4-5-7(30-3)18(8)31-19(10)21/h4-5,9,12-13,19,24-25,28H,22H2,1-3H3,(H2,23,29)/t9?,12?,13-,19?/m0/s1. The molecule has 1 aromatic carbocycles. The minimum Gasteiger partial charge on any atom is -0.510 e. The van der Waals surface area contributed by atoms with Crippen LogP contribution in [0.5, 0.6) is 11.5 Å². The van der Waals surface area contributed by atoms with Gasteiger partial charge in [0.15, 0.2) is 11.6 Å². The summed E-state index contributed by atoms with van der Waals surface area (Å²) in [7, 11) is 1.45. The number of primary amides is 1. The molecule has 0 bridgehead atoms. The molecule has 0 saturated heterocycles. The van der Waals surface area contributed by atoms with Gasteiger partial charge in [-0.15, -0.1) is 11.8 Å². The van der Waals surface area contributed by atoms with Crippen LogP contribution >= 0.6 is 11.8 Å². The maximum Gasteiger partial charge on any atom is 0.255 e. The Bertz CT molecular complexity index is 1120. The van der Waals surface area contributed by atoms with E-state index in [1.807, 2.05) is 0 Å². The molecule has 0 radical (unpaired) electrons. The van der Waals surface area contributed by atoms with E-state index in [2.05, 4.69) is 0 Å². The molecule has 4 atom stereocenters. The Balaban J connectivity index is 1.99.